The van der Waals surface area contributed by atoms with Crippen LogP contribution >= 0.6 is 12.2 Å². The van der Waals surface area contributed by atoms with Gasteiger partial charge in [-0.05, 0) is 0 Å². The van der Waals surface area contributed by atoms with Crippen LogP contribution in [-0.4, -0.2) is 5.55 Å². The number of thiocarbonyl (C=S) groups is 1. The summed E-state index contributed by atoms with van der Waals surface area (Å²) in [6, 6.07) is 0. The molecule has 0 fully saturated rings. The van der Waals surface area contributed by atoms with Gasteiger partial charge in [0.1, 0.15) is 0 Å². The van der Waals surface area contributed by atoms with Crippen molar-refractivity contribution in [2.24, 2.45) is 0 Å². The molecule has 0 radical (unpaired) electrons. The first-order chi connectivity index (χ1) is 1.91. The third kappa shape index (κ3) is 2.63. The Morgan fingerprint density at radius 3 is 2.25 bits per heavy atom. The molecular formula is CHAuOS. The summed E-state index contributed by atoms with van der Waals surface area (Å²) >= 11 is 6.03. The summed E-state index contributed by atoms with van der Waals surface area (Å²) < 4.78 is 4.18. The van der Waals surface area contributed by atoms with E-state index in [0.29, 0.717) is 0 Å². The van der Waals surface area contributed by atoms with Gasteiger partial charge in [0.05, 0.1) is 0 Å². The average Bonchev–Trinajstić information content (AvgIpc) is 1.37. The molecule has 0 atom stereocenters. The van der Waals surface area contributed by atoms with E-state index in [-0.39, 0.29) is 0 Å². The van der Waals surface area contributed by atoms with Crippen molar-refractivity contribution in [1.29, 1.82) is 0 Å². The first-order valence-electron chi connectivity index (χ1n) is 0.594. The second-order valence-electron chi connectivity index (χ2n) is 0.167. The van der Waals surface area contributed by atoms with Crippen LogP contribution < -0.4 is 0 Å². The molecule has 0 aliphatic heterocycles. The normalized spacial score (nSPS) is 5.50. The average molecular weight is 258 g/mol. The van der Waals surface area contributed by atoms with E-state index >= 15 is 0 Å². The van der Waals surface area contributed by atoms with E-state index in [1.807, 2.05) is 21.5 Å². The third-order valence-electron chi connectivity index (χ3n) is 0.0290. The van der Waals surface area contributed by atoms with Gasteiger partial charge in [-0.25, -0.2) is 0 Å². The standard InChI is InChI=1S/CH2OS.Au/c2-1-3;/h1H,(H,2,3);/q;+1/p-1. The molecule has 0 saturated carbocycles. The quantitative estimate of drug-likeness (QED) is 0.498. The zero-order valence-electron chi connectivity index (χ0n) is 1.70. The molecule has 28 valence electrons. The molecule has 0 aromatic rings. The van der Waals surface area contributed by atoms with Crippen LogP contribution in [0.25, 0.3) is 0 Å². The Kier molecular flexibility index (Phi) is 4.20. The predicted molar refractivity (Wildman–Crippen MR) is 14.7 cm³/mol. The fraction of sp³-hybridized carbons (Fsp3) is 0. The van der Waals surface area contributed by atoms with Gasteiger partial charge >= 0.3 is 42.5 Å². The zero-order chi connectivity index (χ0) is 3.41. The van der Waals surface area contributed by atoms with E-state index in [1.54, 1.807) is 0 Å². The van der Waals surface area contributed by atoms with Gasteiger partial charge < -0.3 is 0 Å². The van der Waals surface area contributed by atoms with Crippen molar-refractivity contribution in [3.05, 3.63) is 0 Å². The molecule has 0 bridgehead atoms. The van der Waals surface area contributed by atoms with Crippen LogP contribution in [0.2, 0.25) is 0 Å². The maximum absolute atomic E-state index is 4.19. The number of hydrogen-bond acceptors (Lipinski definition) is 2. The Labute approximate surface area is 42.7 Å². The van der Waals surface area contributed by atoms with Crippen molar-refractivity contribution >= 4 is 17.8 Å². The summed E-state index contributed by atoms with van der Waals surface area (Å²) in [6.45, 7) is 0. The van der Waals surface area contributed by atoms with Crippen molar-refractivity contribution in [1.82, 2.24) is 0 Å². The van der Waals surface area contributed by atoms with Crippen LogP contribution in [0.3, 0.4) is 0 Å². The molecule has 0 unspecified atom stereocenters. The minimum absolute atomic E-state index is 1.18. The van der Waals surface area contributed by atoms with E-state index in [2.05, 4.69) is 15.5 Å². The SMILES string of the molecule is S=C[O][Au]. The fourth-order valence-electron chi connectivity index (χ4n) is 0. The van der Waals surface area contributed by atoms with Crippen molar-refractivity contribution in [3.63, 3.8) is 0 Å². The van der Waals surface area contributed by atoms with Crippen molar-refractivity contribution in [3.8, 4) is 0 Å². The van der Waals surface area contributed by atoms with Crippen LogP contribution in [0.1, 0.15) is 0 Å². The maximum atomic E-state index is 4.19. The molecule has 0 saturated heterocycles. The van der Waals surface area contributed by atoms with Crippen LogP contribution in [0.4, 0.5) is 0 Å². The van der Waals surface area contributed by atoms with Gasteiger partial charge in [-0.1, -0.05) is 0 Å². The molecule has 1 nitrogen and oxygen atoms in total. The van der Waals surface area contributed by atoms with Gasteiger partial charge in [-0.2, -0.15) is 0 Å². The van der Waals surface area contributed by atoms with E-state index < -0.39 is 0 Å². The molecule has 3 heteroatoms. The molecule has 0 rings (SSSR count). The fourth-order valence-corrected chi connectivity index (χ4v) is 0. The summed E-state index contributed by atoms with van der Waals surface area (Å²) in [5, 5.41) is 0. The van der Waals surface area contributed by atoms with Crippen LogP contribution in [-0.2, 0) is 24.7 Å². The summed E-state index contributed by atoms with van der Waals surface area (Å²) in [6.07, 6.45) is 0. The Morgan fingerprint density at radius 2 is 2.25 bits per heavy atom. The third-order valence-corrected chi connectivity index (χ3v) is 0.712. The number of rotatable bonds is 1. The summed E-state index contributed by atoms with van der Waals surface area (Å²) in [5.41, 5.74) is 1.18. The second-order valence-corrected chi connectivity index (χ2v) is 0.870. The first kappa shape index (κ1) is 4.63. The Balaban J connectivity index is 2.30. The molecule has 0 aliphatic rings. The van der Waals surface area contributed by atoms with Crippen LogP contribution in [0.5, 0.6) is 0 Å². The van der Waals surface area contributed by atoms with E-state index in [4.69, 9.17) is 0 Å². The summed E-state index contributed by atoms with van der Waals surface area (Å²) in [7, 11) is 0. The van der Waals surface area contributed by atoms with Gasteiger partial charge in [0, 0.05) is 0 Å². The van der Waals surface area contributed by atoms with Crippen molar-refractivity contribution in [2.75, 3.05) is 0 Å². The number of hydrogen-bond donors (Lipinski definition) is 0. The molecule has 0 aliphatic carbocycles. The van der Waals surface area contributed by atoms with Crippen LogP contribution in [0, 0.1) is 0 Å². The van der Waals surface area contributed by atoms with Crippen LogP contribution in [0.15, 0.2) is 0 Å². The van der Waals surface area contributed by atoms with Gasteiger partial charge in [-0.3, -0.25) is 0 Å². The summed E-state index contributed by atoms with van der Waals surface area (Å²) in [5.74, 6) is 0. The molecule has 0 spiro atoms. The van der Waals surface area contributed by atoms with E-state index in [0.717, 1.165) is 0 Å². The topological polar surface area (TPSA) is 9.23 Å². The zero-order valence-corrected chi connectivity index (χ0v) is 4.68. The molecule has 0 aromatic carbocycles. The molecule has 0 N–H and O–H groups in total. The first-order valence-corrected chi connectivity index (χ1v) is 1.95. The minimum atomic E-state index is 1.18. The van der Waals surface area contributed by atoms with Gasteiger partial charge in [-0.15, -0.1) is 0 Å². The predicted octanol–water partition coefficient (Wildman–Crippen LogP) is 0.422. The van der Waals surface area contributed by atoms with Crippen molar-refractivity contribution < 1.29 is 24.7 Å². The van der Waals surface area contributed by atoms with Gasteiger partial charge in [0.15, 0.2) is 0 Å². The molecule has 0 aromatic heterocycles. The molecule has 0 amide bonds. The van der Waals surface area contributed by atoms with Gasteiger partial charge in [0.2, 0.25) is 0 Å². The Hall–Kier alpha value is 0.630. The summed E-state index contributed by atoms with van der Waals surface area (Å²) in [4.78, 5) is 0. The molecular weight excluding hydrogens is 257 g/mol. The van der Waals surface area contributed by atoms with Crippen molar-refractivity contribution in [2.45, 2.75) is 0 Å². The second kappa shape index (κ2) is 3.63. The Morgan fingerprint density at radius 1 is 2.00 bits per heavy atom. The van der Waals surface area contributed by atoms with E-state index in [9.17, 15) is 0 Å². The van der Waals surface area contributed by atoms with Gasteiger partial charge in [0.25, 0.3) is 0 Å². The molecule has 0 heterocycles. The van der Waals surface area contributed by atoms with E-state index in [1.165, 1.54) is 5.55 Å². The molecule has 4 heavy (non-hydrogen) atoms. The Bertz CT molecular complexity index is 22.0. The monoisotopic (exact) mass is 258 g/mol.